The Balaban J connectivity index is 1.61. The maximum Gasteiger partial charge on any atom is 0.345 e. The minimum absolute atomic E-state index is 0.0532. The predicted octanol–water partition coefficient (Wildman–Crippen LogP) is 4.01. The average Bonchev–Trinajstić information content (AvgIpc) is 2.69. The van der Waals surface area contributed by atoms with E-state index < -0.39 is 11.5 Å². The van der Waals surface area contributed by atoms with Gasteiger partial charge in [0.15, 0.2) is 6.61 Å². The number of rotatable bonds is 5. The van der Waals surface area contributed by atoms with E-state index in [2.05, 4.69) is 31.3 Å². The molecule has 1 amide bonds. The molecule has 1 N–H and O–H groups in total. The van der Waals surface area contributed by atoms with Crippen molar-refractivity contribution in [1.82, 2.24) is 5.43 Å². The highest BCUT2D eigenvalue weighted by Crippen LogP contribution is 2.24. The summed E-state index contributed by atoms with van der Waals surface area (Å²) in [6.45, 7) is 7.84. The number of hydrogen-bond donors (Lipinski definition) is 1. The van der Waals surface area contributed by atoms with Crippen molar-refractivity contribution in [2.75, 3.05) is 6.61 Å². The van der Waals surface area contributed by atoms with Gasteiger partial charge in [0.2, 0.25) is 0 Å². The Morgan fingerprint density at radius 3 is 2.48 bits per heavy atom. The zero-order chi connectivity index (χ0) is 21.0. The van der Waals surface area contributed by atoms with E-state index >= 15 is 0 Å². The number of para-hydroxylation sites is 1. The van der Waals surface area contributed by atoms with Crippen LogP contribution in [0.5, 0.6) is 5.75 Å². The monoisotopic (exact) mass is 392 g/mol. The Hall–Kier alpha value is -3.41. The highest BCUT2D eigenvalue weighted by Gasteiger charge is 2.13. The fourth-order valence-corrected chi connectivity index (χ4v) is 2.75. The predicted molar refractivity (Wildman–Crippen MR) is 113 cm³/mol. The molecule has 0 atom stereocenters. The third kappa shape index (κ3) is 5.10. The molecule has 1 aromatic heterocycles. The van der Waals surface area contributed by atoms with E-state index in [1.165, 1.54) is 5.56 Å². The lowest BCUT2D eigenvalue weighted by atomic mass is 9.87. The Labute approximate surface area is 169 Å². The third-order valence-electron chi connectivity index (χ3n) is 4.47. The number of fused-ring (bicyclic) bond motifs is 1. The zero-order valence-corrected chi connectivity index (χ0v) is 17.0. The number of hydrogen-bond acceptors (Lipinski definition) is 5. The van der Waals surface area contributed by atoms with Crippen LogP contribution in [0.4, 0.5) is 0 Å². The van der Waals surface area contributed by atoms with Crippen molar-refractivity contribution < 1.29 is 13.9 Å². The molecule has 0 aliphatic carbocycles. The van der Waals surface area contributed by atoms with Gasteiger partial charge in [0.05, 0.1) is 11.3 Å². The highest BCUT2D eigenvalue weighted by molar-refractivity contribution is 6.00. The van der Waals surface area contributed by atoms with Crippen LogP contribution in [0.2, 0.25) is 0 Å². The second-order valence-corrected chi connectivity index (χ2v) is 7.78. The fourth-order valence-electron chi connectivity index (χ4n) is 2.75. The van der Waals surface area contributed by atoms with Crippen molar-refractivity contribution in [1.29, 1.82) is 0 Å². The first-order valence-electron chi connectivity index (χ1n) is 9.34. The van der Waals surface area contributed by atoms with E-state index in [1.807, 2.05) is 36.4 Å². The standard InChI is InChI=1S/C23H24N2O4/c1-15(19-13-16-7-5-6-8-20(16)29-22(19)27)24-25-21(26)14-28-18-11-9-17(10-12-18)23(2,3)4/h5-13H,14H2,1-4H3,(H,25,26)/b24-15-. The molecule has 0 saturated heterocycles. The number of carbonyl (C=O) groups excluding carboxylic acids is 1. The largest absolute Gasteiger partial charge is 0.484 e. The van der Waals surface area contributed by atoms with Crippen molar-refractivity contribution in [3.05, 3.63) is 76.1 Å². The molecule has 3 rings (SSSR count). The van der Waals surface area contributed by atoms with Gasteiger partial charge in [-0.15, -0.1) is 0 Å². The van der Waals surface area contributed by atoms with E-state index in [9.17, 15) is 9.59 Å². The minimum atomic E-state index is -0.505. The van der Waals surface area contributed by atoms with Crippen LogP contribution in [0.25, 0.3) is 11.0 Å². The van der Waals surface area contributed by atoms with Crippen LogP contribution in [-0.4, -0.2) is 18.2 Å². The molecular formula is C23H24N2O4. The molecule has 0 fully saturated rings. The van der Waals surface area contributed by atoms with Gasteiger partial charge in [-0.2, -0.15) is 5.10 Å². The van der Waals surface area contributed by atoms with E-state index in [-0.39, 0.29) is 12.0 Å². The van der Waals surface area contributed by atoms with Gasteiger partial charge in [0, 0.05) is 5.39 Å². The van der Waals surface area contributed by atoms with Crippen LogP contribution in [0.1, 0.15) is 38.8 Å². The average molecular weight is 392 g/mol. The summed E-state index contributed by atoms with van der Waals surface area (Å²) >= 11 is 0. The van der Waals surface area contributed by atoms with Crippen molar-refractivity contribution in [2.24, 2.45) is 5.10 Å². The first-order chi connectivity index (χ1) is 13.7. The molecule has 6 nitrogen and oxygen atoms in total. The highest BCUT2D eigenvalue weighted by atomic mass is 16.5. The quantitative estimate of drug-likeness (QED) is 0.404. The van der Waals surface area contributed by atoms with Gasteiger partial charge in [-0.1, -0.05) is 51.1 Å². The van der Waals surface area contributed by atoms with Gasteiger partial charge in [-0.05, 0) is 42.2 Å². The fraction of sp³-hybridized carbons (Fsp3) is 0.261. The van der Waals surface area contributed by atoms with E-state index in [4.69, 9.17) is 9.15 Å². The Morgan fingerprint density at radius 2 is 1.79 bits per heavy atom. The van der Waals surface area contributed by atoms with Crippen LogP contribution in [0.15, 0.2) is 68.9 Å². The lowest BCUT2D eigenvalue weighted by Crippen LogP contribution is -2.26. The molecule has 3 aromatic rings. The maximum atomic E-state index is 12.1. The summed E-state index contributed by atoms with van der Waals surface area (Å²) in [7, 11) is 0. The Bertz CT molecular complexity index is 1110. The molecule has 29 heavy (non-hydrogen) atoms. The molecule has 0 bridgehead atoms. The molecule has 0 aliphatic rings. The summed E-state index contributed by atoms with van der Waals surface area (Å²) < 4.78 is 10.8. The van der Waals surface area contributed by atoms with E-state index in [0.29, 0.717) is 22.6 Å². The van der Waals surface area contributed by atoms with Crippen molar-refractivity contribution in [2.45, 2.75) is 33.1 Å². The molecule has 2 aromatic carbocycles. The maximum absolute atomic E-state index is 12.1. The summed E-state index contributed by atoms with van der Waals surface area (Å²) in [5.41, 5.74) is 4.29. The molecule has 0 unspecified atom stereocenters. The van der Waals surface area contributed by atoms with Crippen LogP contribution in [-0.2, 0) is 10.2 Å². The summed E-state index contributed by atoms with van der Waals surface area (Å²) in [6.07, 6.45) is 0. The first-order valence-corrected chi connectivity index (χ1v) is 9.34. The molecule has 1 heterocycles. The lowest BCUT2D eigenvalue weighted by molar-refractivity contribution is -0.123. The molecule has 0 aliphatic heterocycles. The number of ether oxygens (including phenoxy) is 1. The number of carbonyl (C=O) groups is 1. The van der Waals surface area contributed by atoms with Gasteiger partial charge < -0.3 is 9.15 Å². The van der Waals surface area contributed by atoms with Crippen molar-refractivity contribution in [3.63, 3.8) is 0 Å². The molecule has 6 heteroatoms. The van der Waals surface area contributed by atoms with E-state index in [1.54, 1.807) is 25.1 Å². The van der Waals surface area contributed by atoms with Gasteiger partial charge in [-0.3, -0.25) is 4.79 Å². The molecule has 150 valence electrons. The second kappa shape index (κ2) is 8.31. The summed E-state index contributed by atoms with van der Waals surface area (Å²) in [5.74, 6) is 0.179. The number of hydrazone groups is 1. The Morgan fingerprint density at radius 1 is 1.10 bits per heavy atom. The molecule has 0 radical (unpaired) electrons. The summed E-state index contributed by atoms with van der Waals surface area (Å²) in [6, 6.07) is 16.5. The molecule has 0 spiro atoms. The first kappa shape index (κ1) is 20.3. The normalized spacial score (nSPS) is 12.1. The number of nitrogens with one attached hydrogen (secondary N) is 1. The van der Waals surface area contributed by atoms with Crippen molar-refractivity contribution in [3.8, 4) is 5.75 Å². The molecule has 0 saturated carbocycles. The van der Waals surface area contributed by atoms with Gasteiger partial charge in [0.25, 0.3) is 5.91 Å². The number of benzene rings is 2. The zero-order valence-electron chi connectivity index (χ0n) is 17.0. The van der Waals surface area contributed by atoms with Gasteiger partial charge in [0.1, 0.15) is 11.3 Å². The summed E-state index contributed by atoms with van der Waals surface area (Å²) in [4.78, 5) is 24.2. The smallest absolute Gasteiger partial charge is 0.345 e. The minimum Gasteiger partial charge on any atom is -0.484 e. The summed E-state index contributed by atoms with van der Waals surface area (Å²) in [5, 5.41) is 4.78. The van der Waals surface area contributed by atoms with Crippen molar-refractivity contribution >= 4 is 22.6 Å². The van der Waals surface area contributed by atoms with Crippen LogP contribution < -0.4 is 15.8 Å². The van der Waals surface area contributed by atoms with Crippen LogP contribution >= 0.6 is 0 Å². The van der Waals surface area contributed by atoms with Crippen LogP contribution in [0, 0.1) is 0 Å². The third-order valence-corrected chi connectivity index (χ3v) is 4.47. The van der Waals surface area contributed by atoms with Gasteiger partial charge in [-0.25, -0.2) is 10.2 Å². The second-order valence-electron chi connectivity index (χ2n) is 7.78. The number of amides is 1. The SMILES string of the molecule is C/C(=N/NC(=O)COc1ccc(C(C)(C)C)cc1)c1cc2ccccc2oc1=O. The van der Waals surface area contributed by atoms with E-state index in [0.717, 1.165) is 5.39 Å². The van der Waals surface area contributed by atoms with Gasteiger partial charge >= 0.3 is 5.63 Å². The topological polar surface area (TPSA) is 80.9 Å². The number of nitrogens with zero attached hydrogens (tertiary/aromatic N) is 1. The Kier molecular flexibility index (Phi) is 5.82. The van der Waals surface area contributed by atoms with Crippen LogP contribution in [0.3, 0.4) is 0 Å². The lowest BCUT2D eigenvalue weighted by Gasteiger charge is -2.19. The molecular weight excluding hydrogens is 368 g/mol.